The van der Waals surface area contributed by atoms with Gasteiger partial charge in [0, 0.05) is 5.56 Å². The van der Waals surface area contributed by atoms with Crippen molar-refractivity contribution < 1.29 is 9.53 Å². The minimum atomic E-state index is -0.503. The van der Waals surface area contributed by atoms with E-state index >= 15 is 0 Å². The van der Waals surface area contributed by atoms with Gasteiger partial charge >= 0.3 is 5.97 Å². The van der Waals surface area contributed by atoms with Crippen LogP contribution in [0.5, 0.6) is 0 Å². The molecule has 0 atom stereocenters. The first-order valence-electron chi connectivity index (χ1n) is 6.29. The number of hydrogen-bond acceptors (Lipinski definition) is 6. The van der Waals surface area contributed by atoms with Crippen molar-refractivity contribution in [3.8, 4) is 17.3 Å². The highest BCUT2D eigenvalue weighted by Crippen LogP contribution is 2.24. The van der Waals surface area contributed by atoms with Crippen LogP contribution in [-0.4, -0.2) is 29.3 Å². The molecule has 0 amide bonds. The van der Waals surface area contributed by atoms with Gasteiger partial charge in [-0.1, -0.05) is 23.9 Å². The van der Waals surface area contributed by atoms with Crippen molar-refractivity contribution in [2.24, 2.45) is 0 Å². The maximum Gasteiger partial charge on any atom is 0.338 e. The second-order valence-corrected chi connectivity index (χ2v) is 5.23. The van der Waals surface area contributed by atoms with Gasteiger partial charge in [0.2, 0.25) is 0 Å². The molecule has 1 aromatic heterocycles. The summed E-state index contributed by atoms with van der Waals surface area (Å²) in [5.74, 6) is -0.479. The van der Waals surface area contributed by atoms with Gasteiger partial charge in [-0.2, -0.15) is 5.26 Å². The van der Waals surface area contributed by atoms with Crippen molar-refractivity contribution in [1.29, 1.82) is 5.26 Å². The molecular formula is C15H13N3O3S. The van der Waals surface area contributed by atoms with E-state index in [0.29, 0.717) is 16.3 Å². The van der Waals surface area contributed by atoms with Gasteiger partial charge in [0.25, 0.3) is 5.56 Å². The van der Waals surface area contributed by atoms with Crippen molar-refractivity contribution in [3.63, 3.8) is 0 Å². The summed E-state index contributed by atoms with van der Waals surface area (Å²) in [4.78, 5) is 30.5. The smallest absolute Gasteiger partial charge is 0.338 e. The summed E-state index contributed by atoms with van der Waals surface area (Å²) in [6.45, 7) is 1.78. The third-order valence-corrected chi connectivity index (χ3v) is 3.70. The average Bonchev–Trinajstić information content (AvgIpc) is 2.53. The summed E-state index contributed by atoms with van der Waals surface area (Å²) in [5.41, 5.74) is 1.29. The van der Waals surface area contributed by atoms with Crippen LogP contribution in [0.4, 0.5) is 0 Å². The van der Waals surface area contributed by atoms with Gasteiger partial charge in [-0.3, -0.25) is 4.79 Å². The first-order valence-corrected chi connectivity index (χ1v) is 7.52. The minimum Gasteiger partial charge on any atom is -0.465 e. The highest BCUT2D eigenvalue weighted by atomic mass is 32.2. The second-order valence-electron chi connectivity index (χ2n) is 4.43. The van der Waals surface area contributed by atoms with E-state index in [4.69, 9.17) is 4.74 Å². The number of hydrogen-bond donors (Lipinski definition) is 1. The van der Waals surface area contributed by atoms with Gasteiger partial charge in [0.15, 0.2) is 5.16 Å². The quantitative estimate of drug-likeness (QED) is 0.529. The predicted molar refractivity (Wildman–Crippen MR) is 82.9 cm³/mol. The first kappa shape index (κ1) is 15.8. The number of carbonyl (C=O) groups is 1. The van der Waals surface area contributed by atoms with Gasteiger partial charge in [-0.25, -0.2) is 9.78 Å². The second kappa shape index (κ2) is 6.45. The molecule has 0 saturated carbocycles. The van der Waals surface area contributed by atoms with Crippen LogP contribution in [0.15, 0.2) is 28.2 Å². The van der Waals surface area contributed by atoms with Gasteiger partial charge in [-0.05, 0) is 24.8 Å². The lowest BCUT2D eigenvalue weighted by Gasteiger charge is -2.09. The third-order valence-electron chi connectivity index (χ3n) is 3.12. The van der Waals surface area contributed by atoms with Gasteiger partial charge < -0.3 is 9.72 Å². The van der Waals surface area contributed by atoms with Crippen LogP contribution < -0.4 is 5.56 Å². The molecule has 0 aliphatic carbocycles. The summed E-state index contributed by atoms with van der Waals surface area (Å²) >= 11 is 1.26. The summed E-state index contributed by atoms with van der Waals surface area (Å²) in [7, 11) is 1.30. The van der Waals surface area contributed by atoms with Crippen LogP contribution >= 0.6 is 11.8 Å². The Morgan fingerprint density at radius 2 is 2.18 bits per heavy atom. The number of aryl methyl sites for hydroxylation is 1. The molecule has 2 aromatic rings. The average molecular weight is 315 g/mol. The number of benzene rings is 1. The maximum atomic E-state index is 11.9. The SMILES string of the molecule is COC(=O)c1cc(-c2nc(SC)[nH]c(=O)c2C#N)ccc1C. The molecule has 0 bridgehead atoms. The zero-order valence-corrected chi connectivity index (χ0v) is 13.1. The number of carbonyl (C=O) groups excluding carboxylic acids is 1. The lowest BCUT2D eigenvalue weighted by Crippen LogP contribution is -2.15. The molecule has 0 saturated heterocycles. The number of H-pyrrole nitrogens is 1. The van der Waals surface area contributed by atoms with Crippen LogP contribution in [0.1, 0.15) is 21.5 Å². The molecular weight excluding hydrogens is 302 g/mol. The molecule has 0 unspecified atom stereocenters. The van der Waals surface area contributed by atoms with Crippen LogP contribution in [0, 0.1) is 18.3 Å². The Labute approximate surface area is 131 Å². The molecule has 2 rings (SSSR count). The normalized spacial score (nSPS) is 10.1. The molecule has 1 N–H and O–H groups in total. The monoisotopic (exact) mass is 315 g/mol. The molecule has 112 valence electrons. The predicted octanol–water partition coefficient (Wildman–Crippen LogP) is 2.13. The van der Waals surface area contributed by atoms with E-state index in [9.17, 15) is 14.9 Å². The number of thioether (sulfide) groups is 1. The van der Waals surface area contributed by atoms with E-state index in [0.717, 1.165) is 5.56 Å². The van der Waals surface area contributed by atoms with Crippen molar-refractivity contribution >= 4 is 17.7 Å². The van der Waals surface area contributed by atoms with E-state index < -0.39 is 11.5 Å². The molecule has 0 fully saturated rings. The first-order chi connectivity index (χ1) is 10.5. The molecule has 0 aliphatic heterocycles. The number of nitriles is 1. The Balaban J connectivity index is 2.72. The number of ether oxygens (including phenoxy) is 1. The molecule has 1 heterocycles. The summed E-state index contributed by atoms with van der Waals surface area (Å²) in [6.07, 6.45) is 1.77. The largest absolute Gasteiger partial charge is 0.465 e. The number of nitrogens with one attached hydrogen (secondary N) is 1. The minimum absolute atomic E-state index is 0.0857. The fourth-order valence-corrected chi connectivity index (χ4v) is 2.34. The van der Waals surface area contributed by atoms with Gasteiger partial charge in [0.05, 0.1) is 18.4 Å². The Kier molecular flexibility index (Phi) is 4.63. The summed E-state index contributed by atoms with van der Waals surface area (Å²) < 4.78 is 4.74. The fourth-order valence-electron chi connectivity index (χ4n) is 1.96. The van der Waals surface area contributed by atoms with Gasteiger partial charge in [-0.15, -0.1) is 0 Å². The van der Waals surface area contributed by atoms with Crippen LogP contribution in [0.25, 0.3) is 11.3 Å². The van der Waals surface area contributed by atoms with Crippen LogP contribution in [0.2, 0.25) is 0 Å². The Bertz CT molecular complexity index is 837. The van der Waals surface area contributed by atoms with Crippen molar-refractivity contribution in [1.82, 2.24) is 9.97 Å². The zero-order valence-electron chi connectivity index (χ0n) is 12.3. The number of methoxy groups -OCH3 is 1. The maximum absolute atomic E-state index is 11.9. The van der Waals surface area contributed by atoms with Crippen molar-refractivity contribution in [2.75, 3.05) is 13.4 Å². The zero-order chi connectivity index (χ0) is 16.3. The number of aromatic amines is 1. The standard InChI is InChI=1S/C15H13N3O3S/c1-8-4-5-9(6-10(8)14(20)21-2)12-11(7-16)13(19)18-15(17-12)22-3/h4-6H,1-3H3,(H,17,18,19). The van der Waals surface area contributed by atoms with Crippen molar-refractivity contribution in [2.45, 2.75) is 12.1 Å². The Hall–Kier alpha value is -2.59. The number of esters is 1. The highest BCUT2D eigenvalue weighted by molar-refractivity contribution is 7.98. The van der Waals surface area contributed by atoms with Crippen LogP contribution in [-0.2, 0) is 4.74 Å². The fraction of sp³-hybridized carbons (Fsp3) is 0.200. The van der Waals surface area contributed by atoms with E-state index in [-0.39, 0.29) is 11.3 Å². The molecule has 1 aromatic carbocycles. The molecule has 22 heavy (non-hydrogen) atoms. The van der Waals surface area contributed by atoms with E-state index in [1.165, 1.54) is 18.9 Å². The van der Waals surface area contributed by atoms with Crippen LogP contribution in [0.3, 0.4) is 0 Å². The molecule has 6 nitrogen and oxygen atoms in total. The molecule has 0 aliphatic rings. The topological polar surface area (TPSA) is 95.8 Å². The highest BCUT2D eigenvalue weighted by Gasteiger charge is 2.16. The van der Waals surface area contributed by atoms with Gasteiger partial charge in [0.1, 0.15) is 11.6 Å². The summed E-state index contributed by atoms with van der Waals surface area (Å²) in [5, 5.41) is 9.60. The Morgan fingerprint density at radius 3 is 2.77 bits per heavy atom. The van der Waals surface area contributed by atoms with E-state index in [2.05, 4.69) is 9.97 Å². The lowest BCUT2D eigenvalue weighted by molar-refractivity contribution is 0.0600. The third kappa shape index (κ3) is 2.87. The van der Waals surface area contributed by atoms with E-state index in [1.54, 1.807) is 31.4 Å². The lowest BCUT2D eigenvalue weighted by atomic mass is 10.0. The molecule has 0 radical (unpaired) electrons. The Morgan fingerprint density at radius 1 is 1.45 bits per heavy atom. The molecule has 7 heteroatoms. The summed E-state index contributed by atoms with van der Waals surface area (Å²) in [6, 6.07) is 6.88. The number of nitrogens with zero attached hydrogens (tertiary/aromatic N) is 2. The number of rotatable bonds is 3. The van der Waals surface area contributed by atoms with E-state index in [1.807, 2.05) is 6.07 Å². The molecule has 0 spiro atoms. The van der Waals surface area contributed by atoms with Crippen molar-refractivity contribution in [3.05, 3.63) is 45.2 Å². The number of aromatic nitrogens is 2.